The van der Waals surface area contributed by atoms with E-state index in [0.29, 0.717) is 11.5 Å². The zero-order valence-electron chi connectivity index (χ0n) is 12.1. The second-order valence-electron chi connectivity index (χ2n) is 5.92. The highest BCUT2D eigenvalue weighted by molar-refractivity contribution is 7.99. The number of hydrogen-bond acceptors (Lipinski definition) is 2. The molecule has 0 saturated carbocycles. The molecule has 0 saturated heterocycles. The van der Waals surface area contributed by atoms with Gasteiger partial charge in [-0.2, -0.15) is 11.8 Å². The van der Waals surface area contributed by atoms with Crippen LogP contribution in [0.3, 0.4) is 0 Å². The van der Waals surface area contributed by atoms with E-state index >= 15 is 0 Å². The van der Waals surface area contributed by atoms with Crippen LogP contribution in [-0.4, -0.2) is 24.1 Å². The summed E-state index contributed by atoms with van der Waals surface area (Å²) >= 11 is 2.11. The quantitative estimate of drug-likeness (QED) is 0.688. The van der Waals surface area contributed by atoms with E-state index in [0.717, 1.165) is 12.5 Å². The first-order valence-electron chi connectivity index (χ1n) is 6.72. The summed E-state index contributed by atoms with van der Waals surface area (Å²) in [5.41, 5.74) is 0.373. The van der Waals surface area contributed by atoms with E-state index in [1.165, 1.54) is 24.3 Å². The van der Waals surface area contributed by atoms with Gasteiger partial charge in [0.25, 0.3) is 0 Å². The topological polar surface area (TPSA) is 12.0 Å². The Morgan fingerprint density at radius 3 is 2.19 bits per heavy atom. The van der Waals surface area contributed by atoms with Crippen LogP contribution < -0.4 is 5.32 Å². The standard InChI is InChI=1S/C14H31NS/c1-7-9-15-13(14(4,5)6)11-16-10-12(3)8-2/h12-13,15H,7-11H2,1-6H3. The molecule has 0 bridgehead atoms. The van der Waals surface area contributed by atoms with Gasteiger partial charge in [0, 0.05) is 11.8 Å². The predicted octanol–water partition coefficient (Wildman–Crippen LogP) is 4.18. The van der Waals surface area contributed by atoms with Gasteiger partial charge in [-0.3, -0.25) is 0 Å². The molecule has 0 aromatic carbocycles. The Morgan fingerprint density at radius 1 is 1.12 bits per heavy atom. The van der Waals surface area contributed by atoms with Gasteiger partial charge in [0.15, 0.2) is 0 Å². The Balaban J connectivity index is 3.93. The maximum Gasteiger partial charge on any atom is 0.0206 e. The van der Waals surface area contributed by atoms with Gasteiger partial charge in [-0.1, -0.05) is 48.0 Å². The number of hydrogen-bond donors (Lipinski definition) is 1. The number of thioether (sulfide) groups is 1. The molecular formula is C14H31NS. The van der Waals surface area contributed by atoms with E-state index in [9.17, 15) is 0 Å². The molecule has 0 fully saturated rings. The molecule has 2 heteroatoms. The molecule has 0 aliphatic carbocycles. The molecule has 0 amide bonds. The van der Waals surface area contributed by atoms with E-state index in [1.54, 1.807) is 0 Å². The lowest BCUT2D eigenvalue weighted by molar-refractivity contribution is 0.291. The van der Waals surface area contributed by atoms with Crippen LogP contribution in [0.15, 0.2) is 0 Å². The van der Waals surface area contributed by atoms with Crippen LogP contribution in [0.5, 0.6) is 0 Å². The highest BCUT2D eigenvalue weighted by Crippen LogP contribution is 2.23. The summed E-state index contributed by atoms with van der Waals surface area (Å²) in [5.74, 6) is 3.40. The predicted molar refractivity (Wildman–Crippen MR) is 78.3 cm³/mol. The molecule has 0 aromatic heterocycles. The van der Waals surface area contributed by atoms with Gasteiger partial charge in [0.2, 0.25) is 0 Å². The van der Waals surface area contributed by atoms with Gasteiger partial charge < -0.3 is 5.32 Å². The van der Waals surface area contributed by atoms with E-state index in [4.69, 9.17) is 0 Å². The third-order valence-corrected chi connectivity index (χ3v) is 4.44. The number of nitrogens with one attached hydrogen (secondary N) is 1. The van der Waals surface area contributed by atoms with Crippen molar-refractivity contribution < 1.29 is 0 Å². The molecule has 1 N–H and O–H groups in total. The zero-order valence-corrected chi connectivity index (χ0v) is 12.9. The molecule has 2 atom stereocenters. The largest absolute Gasteiger partial charge is 0.313 e. The second-order valence-corrected chi connectivity index (χ2v) is 7.00. The molecule has 0 aliphatic heterocycles. The first-order valence-corrected chi connectivity index (χ1v) is 7.88. The zero-order chi connectivity index (χ0) is 12.6. The van der Waals surface area contributed by atoms with Crippen molar-refractivity contribution in [2.24, 2.45) is 11.3 Å². The molecule has 2 unspecified atom stereocenters. The summed E-state index contributed by atoms with van der Waals surface area (Å²) in [6, 6.07) is 0.640. The van der Waals surface area contributed by atoms with Crippen molar-refractivity contribution in [1.82, 2.24) is 5.32 Å². The van der Waals surface area contributed by atoms with Crippen molar-refractivity contribution in [2.45, 2.75) is 60.4 Å². The fourth-order valence-corrected chi connectivity index (χ4v) is 3.07. The fraction of sp³-hybridized carbons (Fsp3) is 1.00. The molecule has 0 aliphatic rings. The monoisotopic (exact) mass is 245 g/mol. The Labute approximate surface area is 107 Å². The highest BCUT2D eigenvalue weighted by Gasteiger charge is 2.23. The third kappa shape index (κ3) is 7.56. The van der Waals surface area contributed by atoms with Crippen LogP contribution in [0, 0.1) is 11.3 Å². The van der Waals surface area contributed by atoms with Crippen molar-refractivity contribution in [3.63, 3.8) is 0 Å². The molecular weight excluding hydrogens is 214 g/mol. The first-order chi connectivity index (χ1) is 7.41. The summed E-state index contributed by atoms with van der Waals surface area (Å²) in [5, 5.41) is 3.68. The molecule has 0 aromatic rings. The molecule has 0 radical (unpaired) electrons. The van der Waals surface area contributed by atoms with Crippen LogP contribution in [0.2, 0.25) is 0 Å². The Hall–Kier alpha value is 0.310. The summed E-state index contributed by atoms with van der Waals surface area (Å²) in [6.07, 6.45) is 2.53. The lowest BCUT2D eigenvalue weighted by Crippen LogP contribution is -2.42. The molecule has 1 nitrogen and oxygen atoms in total. The minimum Gasteiger partial charge on any atom is -0.313 e. The smallest absolute Gasteiger partial charge is 0.0206 e. The summed E-state index contributed by atoms with van der Waals surface area (Å²) in [6.45, 7) is 15.0. The van der Waals surface area contributed by atoms with Gasteiger partial charge in [-0.15, -0.1) is 0 Å². The van der Waals surface area contributed by atoms with E-state index in [-0.39, 0.29) is 0 Å². The minimum absolute atomic E-state index is 0.373. The van der Waals surface area contributed by atoms with E-state index in [2.05, 4.69) is 58.6 Å². The maximum atomic E-state index is 3.68. The lowest BCUT2D eigenvalue weighted by atomic mass is 9.88. The van der Waals surface area contributed by atoms with Crippen LogP contribution in [0.1, 0.15) is 54.4 Å². The van der Waals surface area contributed by atoms with Gasteiger partial charge in [-0.25, -0.2) is 0 Å². The average molecular weight is 245 g/mol. The van der Waals surface area contributed by atoms with Crippen molar-refractivity contribution in [1.29, 1.82) is 0 Å². The fourth-order valence-electron chi connectivity index (χ4n) is 1.44. The van der Waals surface area contributed by atoms with E-state index < -0.39 is 0 Å². The van der Waals surface area contributed by atoms with Gasteiger partial charge in [-0.05, 0) is 30.1 Å². The van der Waals surface area contributed by atoms with E-state index in [1.807, 2.05) is 0 Å². The molecule has 0 spiro atoms. The van der Waals surface area contributed by atoms with Gasteiger partial charge >= 0.3 is 0 Å². The molecule has 16 heavy (non-hydrogen) atoms. The van der Waals surface area contributed by atoms with Crippen LogP contribution >= 0.6 is 11.8 Å². The molecule has 0 heterocycles. The van der Waals surface area contributed by atoms with Crippen LogP contribution in [0.25, 0.3) is 0 Å². The minimum atomic E-state index is 0.373. The highest BCUT2D eigenvalue weighted by atomic mass is 32.2. The average Bonchev–Trinajstić information content (AvgIpc) is 2.20. The van der Waals surface area contributed by atoms with Gasteiger partial charge in [0.05, 0.1) is 0 Å². The van der Waals surface area contributed by atoms with Crippen molar-refractivity contribution >= 4 is 11.8 Å². The van der Waals surface area contributed by atoms with Crippen molar-refractivity contribution in [3.05, 3.63) is 0 Å². The lowest BCUT2D eigenvalue weighted by Gasteiger charge is -2.31. The van der Waals surface area contributed by atoms with Crippen molar-refractivity contribution in [2.75, 3.05) is 18.1 Å². The van der Waals surface area contributed by atoms with Gasteiger partial charge in [0.1, 0.15) is 0 Å². The van der Waals surface area contributed by atoms with Crippen LogP contribution in [-0.2, 0) is 0 Å². The molecule has 0 rings (SSSR count). The Bertz CT molecular complexity index is 163. The van der Waals surface area contributed by atoms with Crippen molar-refractivity contribution in [3.8, 4) is 0 Å². The summed E-state index contributed by atoms with van der Waals surface area (Å²) in [7, 11) is 0. The maximum absolute atomic E-state index is 3.68. The normalized spacial score (nSPS) is 16.1. The number of rotatable bonds is 8. The SMILES string of the molecule is CCCNC(CSCC(C)CC)C(C)(C)C. The Kier molecular flexibility index (Phi) is 8.57. The third-order valence-electron chi connectivity index (χ3n) is 3.07. The summed E-state index contributed by atoms with van der Waals surface area (Å²) < 4.78 is 0. The second kappa shape index (κ2) is 8.41. The van der Waals surface area contributed by atoms with Crippen LogP contribution in [0.4, 0.5) is 0 Å². The molecule has 98 valence electrons. The summed E-state index contributed by atoms with van der Waals surface area (Å²) in [4.78, 5) is 0. The first kappa shape index (κ1) is 16.3. The Morgan fingerprint density at radius 2 is 1.75 bits per heavy atom.